The molecule has 1 aromatic heterocycles. The lowest BCUT2D eigenvalue weighted by atomic mass is 10.0. The maximum Gasteiger partial charge on any atom is 0.274 e. The molecule has 1 atom stereocenters. The van der Waals surface area contributed by atoms with Crippen molar-refractivity contribution in [2.75, 3.05) is 12.3 Å². The van der Waals surface area contributed by atoms with Crippen molar-refractivity contribution in [1.82, 2.24) is 14.7 Å². The number of nitrogens with zero attached hydrogens (tertiary/aromatic N) is 3. The van der Waals surface area contributed by atoms with Gasteiger partial charge in [0.25, 0.3) is 5.91 Å². The van der Waals surface area contributed by atoms with Crippen LogP contribution in [-0.4, -0.2) is 33.2 Å². The van der Waals surface area contributed by atoms with Crippen molar-refractivity contribution >= 4 is 11.7 Å². The van der Waals surface area contributed by atoms with E-state index in [0.29, 0.717) is 24.1 Å². The molecule has 17 heavy (non-hydrogen) atoms. The number of amides is 1. The molecule has 0 unspecified atom stereocenters. The van der Waals surface area contributed by atoms with E-state index in [1.807, 2.05) is 11.8 Å². The van der Waals surface area contributed by atoms with E-state index < -0.39 is 0 Å². The lowest BCUT2D eigenvalue weighted by molar-refractivity contribution is 0.0628. The average Bonchev–Trinajstić information content (AvgIpc) is 2.70. The number of likely N-dealkylation sites (tertiary alicyclic amines) is 1. The lowest BCUT2D eigenvalue weighted by Crippen LogP contribution is -2.42. The normalized spacial score (nSPS) is 20.6. The number of nitrogen functional groups attached to an aromatic ring is 1. The molecule has 1 aromatic rings. The Balaban J connectivity index is 2.17. The predicted octanol–water partition coefficient (Wildman–Crippen LogP) is 1.50. The van der Waals surface area contributed by atoms with Gasteiger partial charge >= 0.3 is 0 Å². The Kier molecular flexibility index (Phi) is 3.36. The molecular weight excluding hydrogens is 216 g/mol. The second kappa shape index (κ2) is 4.77. The van der Waals surface area contributed by atoms with Crippen molar-refractivity contribution < 1.29 is 4.79 Å². The van der Waals surface area contributed by atoms with Gasteiger partial charge in [-0.15, -0.1) is 0 Å². The number of piperidine rings is 1. The van der Waals surface area contributed by atoms with Crippen molar-refractivity contribution in [3.8, 4) is 0 Å². The van der Waals surface area contributed by atoms with Gasteiger partial charge in [0.1, 0.15) is 5.82 Å². The van der Waals surface area contributed by atoms with Crippen molar-refractivity contribution in [1.29, 1.82) is 0 Å². The smallest absolute Gasteiger partial charge is 0.274 e. The number of anilines is 1. The molecule has 94 valence electrons. The molecule has 1 aliphatic heterocycles. The van der Waals surface area contributed by atoms with Crippen molar-refractivity contribution in [3.63, 3.8) is 0 Å². The zero-order valence-electron chi connectivity index (χ0n) is 10.5. The number of nitrogens with two attached hydrogens (primary N) is 1. The standard InChI is InChI=1S/C12H20N4O/c1-3-16-11(13)8-10(14-16)12(17)15-7-5-4-6-9(15)2/h8-9H,3-7,13H2,1-2H3/t9-/m1/s1. The summed E-state index contributed by atoms with van der Waals surface area (Å²) in [5.74, 6) is 0.566. The first-order valence-corrected chi connectivity index (χ1v) is 6.27. The topological polar surface area (TPSA) is 64.2 Å². The van der Waals surface area contributed by atoms with Gasteiger partial charge in [0.05, 0.1) is 0 Å². The van der Waals surface area contributed by atoms with Crippen LogP contribution in [-0.2, 0) is 6.54 Å². The van der Waals surface area contributed by atoms with E-state index in [-0.39, 0.29) is 5.91 Å². The van der Waals surface area contributed by atoms with E-state index in [2.05, 4.69) is 12.0 Å². The van der Waals surface area contributed by atoms with Gasteiger partial charge in [-0.05, 0) is 33.1 Å². The van der Waals surface area contributed by atoms with Crippen LogP contribution in [0, 0.1) is 0 Å². The second-order valence-electron chi connectivity index (χ2n) is 4.61. The Hall–Kier alpha value is -1.52. The molecule has 1 saturated heterocycles. The number of rotatable bonds is 2. The van der Waals surface area contributed by atoms with Crippen LogP contribution >= 0.6 is 0 Å². The summed E-state index contributed by atoms with van der Waals surface area (Å²) >= 11 is 0. The summed E-state index contributed by atoms with van der Waals surface area (Å²) < 4.78 is 1.65. The largest absolute Gasteiger partial charge is 0.384 e. The molecule has 5 heteroatoms. The van der Waals surface area contributed by atoms with Gasteiger partial charge in [0.2, 0.25) is 0 Å². The molecule has 5 nitrogen and oxygen atoms in total. The van der Waals surface area contributed by atoms with Gasteiger partial charge in [-0.2, -0.15) is 5.10 Å². The van der Waals surface area contributed by atoms with Gasteiger partial charge in [0.15, 0.2) is 5.69 Å². The van der Waals surface area contributed by atoms with Crippen molar-refractivity contribution in [2.45, 2.75) is 45.7 Å². The lowest BCUT2D eigenvalue weighted by Gasteiger charge is -2.32. The molecule has 1 fully saturated rings. The molecule has 0 radical (unpaired) electrons. The highest BCUT2D eigenvalue weighted by atomic mass is 16.2. The van der Waals surface area contributed by atoms with E-state index in [1.165, 1.54) is 6.42 Å². The van der Waals surface area contributed by atoms with Crippen LogP contribution in [0.2, 0.25) is 0 Å². The fourth-order valence-electron chi connectivity index (χ4n) is 2.34. The summed E-state index contributed by atoms with van der Waals surface area (Å²) in [6.45, 7) is 5.58. The molecule has 1 amide bonds. The van der Waals surface area contributed by atoms with Crippen LogP contribution < -0.4 is 5.73 Å². The minimum atomic E-state index is 0.0103. The monoisotopic (exact) mass is 236 g/mol. The summed E-state index contributed by atoms with van der Waals surface area (Å²) in [5.41, 5.74) is 6.25. The first kappa shape index (κ1) is 12.0. The van der Waals surface area contributed by atoms with Crippen LogP contribution in [0.1, 0.15) is 43.6 Å². The van der Waals surface area contributed by atoms with Crippen LogP contribution in [0.4, 0.5) is 5.82 Å². The second-order valence-corrected chi connectivity index (χ2v) is 4.61. The van der Waals surface area contributed by atoms with Gasteiger partial charge in [-0.25, -0.2) is 4.68 Å². The van der Waals surface area contributed by atoms with Gasteiger partial charge in [0, 0.05) is 25.2 Å². The maximum absolute atomic E-state index is 12.3. The van der Waals surface area contributed by atoms with Crippen molar-refractivity contribution in [3.05, 3.63) is 11.8 Å². The van der Waals surface area contributed by atoms with Crippen LogP contribution in [0.3, 0.4) is 0 Å². The minimum absolute atomic E-state index is 0.0103. The number of aryl methyl sites for hydroxylation is 1. The SMILES string of the molecule is CCn1nc(C(=O)N2CCCC[C@H]2C)cc1N. The molecule has 2 rings (SSSR count). The van der Waals surface area contributed by atoms with Crippen LogP contribution in [0.15, 0.2) is 6.07 Å². The summed E-state index contributed by atoms with van der Waals surface area (Å²) in [6.07, 6.45) is 3.37. The molecule has 0 aliphatic carbocycles. The Morgan fingerprint density at radius 1 is 1.59 bits per heavy atom. The summed E-state index contributed by atoms with van der Waals surface area (Å²) in [4.78, 5) is 14.2. The highest BCUT2D eigenvalue weighted by Gasteiger charge is 2.26. The first-order valence-electron chi connectivity index (χ1n) is 6.27. The predicted molar refractivity (Wildman–Crippen MR) is 66.7 cm³/mol. The molecule has 0 aromatic carbocycles. The van der Waals surface area contributed by atoms with Gasteiger partial charge in [-0.3, -0.25) is 4.79 Å². The summed E-state index contributed by atoms with van der Waals surface area (Å²) in [6, 6.07) is 1.98. The minimum Gasteiger partial charge on any atom is -0.384 e. The number of hydrogen-bond acceptors (Lipinski definition) is 3. The Labute approximate surface area is 102 Å². The Morgan fingerprint density at radius 3 is 2.94 bits per heavy atom. The maximum atomic E-state index is 12.3. The molecule has 0 spiro atoms. The highest BCUT2D eigenvalue weighted by Crippen LogP contribution is 2.19. The van der Waals surface area contributed by atoms with E-state index in [9.17, 15) is 4.79 Å². The number of aromatic nitrogens is 2. The quantitative estimate of drug-likeness (QED) is 0.846. The molecule has 0 saturated carbocycles. The van der Waals surface area contributed by atoms with E-state index in [1.54, 1.807) is 10.7 Å². The third-order valence-corrected chi connectivity index (χ3v) is 3.39. The first-order chi connectivity index (χ1) is 8.13. The summed E-state index contributed by atoms with van der Waals surface area (Å²) in [5, 5.41) is 4.24. The van der Waals surface area contributed by atoms with E-state index >= 15 is 0 Å². The molecule has 2 heterocycles. The third-order valence-electron chi connectivity index (χ3n) is 3.39. The third kappa shape index (κ3) is 2.28. The molecule has 0 bridgehead atoms. The molecular formula is C12H20N4O. The fraction of sp³-hybridized carbons (Fsp3) is 0.667. The number of hydrogen-bond donors (Lipinski definition) is 1. The van der Waals surface area contributed by atoms with Gasteiger partial charge in [-0.1, -0.05) is 0 Å². The van der Waals surface area contributed by atoms with Crippen LogP contribution in [0.25, 0.3) is 0 Å². The van der Waals surface area contributed by atoms with E-state index in [0.717, 1.165) is 19.4 Å². The number of carbonyl (C=O) groups excluding carboxylic acids is 1. The zero-order chi connectivity index (χ0) is 12.4. The Morgan fingerprint density at radius 2 is 2.35 bits per heavy atom. The molecule has 1 aliphatic rings. The Bertz CT molecular complexity index is 413. The van der Waals surface area contributed by atoms with Gasteiger partial charge < -0.3 is 10.6 Å². The van der Waals surface area contributed by atoms with Crippen molar-refractivity contribution in [2.24, 2.45) is 0 Å². The van der Waals surface area contributed by atoms with Crippen LogP contribution in [0.5, 0.6) is 0 Å². The average molecular weight is 236 g/mol. The zero-order valence-corrected chi connectivity index (χ0v) is 10.5. The number of carbonyl (C=O) groups is 1. The fourth-order valence-corrected chi connectivity index (χ4v) is 2.34. The molecule has 2 N–H and O–H groups in total. The highest BCUT2D eigenvalue weighted by molar-refractivity contribution is 5.93. The summed E-state index contributed by atoms with van der Waals surface area (Å²) in [7, 11) is 0. The van der Waals surface area contributed by atoms with E-state index in [4.69, 9.17) is 5.73 Å².